The molecule has 42 heavy (non-hydrogen) atoms. The third-order valence-corrected chi connectivity index (χ3v) is 8.62. The predicted molar refractivity (Wildman–Crippen MR) is 167 cm³/mol. The van der Waals surface area contributed by atoms with Gasteiger partial charge in [-0.3, -0.25) is 15.1 Å². The highest BCUT2D eigenvalue weighted by molar-refractivity contribution is 5.90. The second kappa shape index (κ2) is 10.0. The summed E-state index contributed by atoms with van der Waals surface area (Å²) in [4.78, 5) is 4.88. The molecule has 2 aliphatic rings. The Morgan fingerprint density at radius 2 is 1.14 bits per heavy atom. The third-order valence-electron chi connectivity index (χ3n) is 8.62. The van der Waals surface area contributed by atoms with Crippen LogP contribution in [0.15, 0.2) is 72.8 Å². The molecule has 0 spiro atoms. The molecule has 2 N–H and O–H groups in total. The number of benzene rings is 4. The maximum atomic E-state index is 6.70. The lowest BCUT2D eigenvalue weighted by atomic mass is 10.00. The van der Waals surface area contributed by atoms with Crippen LogP contribution >= 0.6 is 0 Å². The van der Waals surface area contributed by atoms with Crippen molar-refractivity contribution in [3.05, 3.63) is 84.2 Å². The van der Waals surface area contributed by atoms with Crippen LogP contribution in [0.5, 0.6) is 11.5 Å². The van der Waals surface area contributed by atoms with Gasteiger partial charge in [0.1, 0.15) is 0 Å². The first-order chi connectivity index (χ1) is 20.6. The molecule has 1 saturated heterocycles. The Bertz CT molecular complexity index is 1820. The number of aryl methyl sites for hydroxylation is 2. The van der Waals surface area contributed by atoms with E-state index < -0.39 is 0 Å². The normalized spacial score (nSPS) is 15.1. The Kier molecular flexibility index (Phi) is 5.98. The molecule has 6 aromatic rings. The standard InChI is InChI=1S/C34H32N6O2/c1-21-27-17-23(3-7-29(27)37-35-21)25-5-9-31-33(19-25)42-34-20-26(24-4-8-30-28(18-24)22(2)36-38-30)6-10-32(34)40(31)12-11-39-13-15-41-16-14-39/h3-10,17-20H,11-16H2,1-2H3,(H,35,37)(H,36,38). The number of aromatic nitrogens is 4. The Morgan fingerprint density at radius 3 is 1.69 bits per heavy atom. The summed E-state index contributed by atoms with van der Waals surface area (Å²) in [6.45, 7) is 9.46. The molecular formula is C34H32N6O2. The van der Waals surface area contributed by atoms with Crippen LogP contribution < -0.4 is 9.64 Å². The van der Waals surface area contributed by atoms with Crippen LogP contribution in [0.25, 0.3) is 44.1 Å². The smallest absolute Gasteiger partial charge is 0.151 e. The number of hydrogen-bond donors (Lipinski definition) is 2. The summed E-state index contributed by atoms with van der Waals surface area (Å²) >= 11 is 0. The molecule has 1 fully saturated rings. The van der Waals surface area contributed by atoms with E-state index in [1.165, 1.54) is 0 Å². The van der Waals surface area contributed by atoms with E-state index in [1.807, 2.05) is 0 Å². The van der Waals surface area contributed by atoms with Gasteiger partial charge in [-0.2, -0.15) is 10.2 Å². The zero-order valence-electron chi connectivity index (χ0n) is 23.8. The SMILES string of the molecule is Cc1[nH]nc2ccc(-c3ccc4c(c3)Oc3cc(-c5ccc6n[nH]c(C)c6c5)ccc3N4CCN3CCOCC3)cc12. The topological polar surface area (TPSA) is 82.3 Å². The van der Waals surface area contributed by atoms with Crippen molar-refractivity contribution < 1.29 is 9.47 Å². The average Bonchev–Trinajstić information content (AvgIpc) is 3.60. The molecule has 210 valence electrons. The van der Waals surface area contributed by atoms with Crippen LogP contribution in [0.3, 0.4) is 0 Å². The van der Waals surface area contributed by atoms with Crippen molar-refractivity contribution in [1.82, 2.24) is 25.3 Å². The molecule has 0 bridgehead atoms. The van der Waals surface area contributed by atoms with E-state index in [9.17, 15) is 0 Å². The predicted octanol–water partition coefficient (Wildman–Crippen LogP) is 6.97. The number of H-pyrrole nitrogens is 2. The van der Waals surface area contributed by atoms with Crippen LogP contribution in [0.1, 0.15) is 11.4 Å². The molecule has 8 rings (SSSR count). The third kappa shape index (κ3) is 4.31. The van der Waals surface area contributed by atoms with Gasteiger partial charge in [-0.1, -0.05) is 24.3 Å². The molecule has 8 heteroatoms. The molecule has 2 aromatic heterocycles. The lowest BCUT2D eigenvalue weighted by Crippen LogP contribution is -2.41. The van der Waals surface area contributed by atoms with Crippen LogP contribution in [0.4, 0.5) is 11.4 Å². The fourth-order valence-electron chi connectivity index (χ4n) is 6.19. The van der Waals surface area contributed by atoms with Gasteiger partial charge in [0.2, 0.25) is 0 Å². The summed E-state index contributed by atoms with van der Waals surface area (Å²) in [6.07, 6.45) is 0. The highest BCUT2D eigenvalue weighted by Gasteiger charge is 2.26. The molecule has 4 aromatic carbocycles. The summed E-state index contributed by atoms with van der Waals surface area (Å²) < 4.78 is 12.3. The second-order valence-electron chi connectivity index (χ2n) is 11.2. The van der Waals surface area contributed by atoms with E-state index >= 15 is 0 Å². The number of morpholine rings is 1. The first kappa shape index (κ1) is 25.1. The molecule has 0 radical (unpaired) electrons. The van der Waals surface area contributed by atoms with Gasteiger partial charge in [-0.05, 0) is 84.6 Å². The van der Waals surface area contributed by atoms with Gasteiger partial charge in [-0.25, -0.2) is 0 Å². The first-order valence-electron chi connectivity index (χ1n) is 14.5. The zero-order valence-corrected chi connectivity index (χ0v) is 23.8. The lowest BCUT2D eigenvalue weighted by Gasteiger charge is -2.35. The number of rotatable bonds is 5. The fraction of sp³-hybridized carbons (Fsp3) is 0.235. The molecular weight excluding hydrogens is 524 g/mol. The molecule has 0 aliphatic carbocycles. The Labute approximate surface area is 243 Å². The minimum absolute atomic E-state index is 0.796. The largest absolute Gasteiger partial charge is 0.453 e. The summed E-state index contributed by atoms with van der Waals surface area (Å²) in [5.41, 5.74) is 10.8. The molecule has 0 saturated carbocycles. The van der Waals surface area contributed by atoms with Crippen molar-refractivity contribution in [3.8, 4) is 33.8 Å². The first-order valence-corrected chi connectivity index (χ1v) is 14.5. The molecule has 0 amide bonds. The Morgan fingerprint density at radius 1 is 0.643 bits per heavy atom. The molecule has 4 heterocycles. The van der Waals surface area contributed by atoms with Crippen molar-refractivity contribution in [2.75, 3.05) is 44.3 Å². The monoisotopic (exact) mass is 556 g/mol. The second-order valence-corrected chi connectivity index (χ2v) is 11.2. The van der Waals surface area contributed by atoms with Gasteiger partial charge in [0, 0.05) is 48.3 Å². The summed E-state index contributed by atoms with van der Waals surface area (Å²) in [5.74, 6) is 1.73. The van der Waals surface area contributed by atoms with Crippen LogP contribution in [0, 0.1) is 13.8 Å². The molecule has 2 aliphatic heterocycles. The van der Waals surface area contributed by atoms with E-state index in [0.717, 1.165) is 118 Å². The highest BCUT2D eigenvalue weighted by atomic mass is 16.5. The van der Waals surface area contributed by atoms with Crippen molar-refractivity contribution in [2.24, 2.45) is 0 Å². The van der Waals surface area contributed by atoms with Crippen LogP contribution in [-0.4, -0.2) is 64.7 Å². The number of aromatic amines is 2. The fourth-order valence-corrected chi connectivity index (χ4v) is 6.19. The quantitative estimate of drug-likeness (QED) is 0.239. The van der Waals surface area contributed by atoms with E-state index in [1.54, 1.807) is 0 Å². The van der Waals surface area contributed by atoms with E-state index in [-0.39, 0.29) is 0 Å². The van der Waals surface area contributed by atoms with Gasteiger partial charge in [0.05, 0.1) is 35.6 Å². The summed E-state index contributed by atoms with van der Waals surface area (Å²) in [7, 11) is 0. The van der Waals surface area contributed by atoms with Gasteiger partial charge in [-0.15, -0.1) is 0 Å². The van der Waals surface area contributed by atoms with Gasteiger partial charge < -0.3 is 14.4 Å². The number of anilines is 2. The minimum atomic E-state index is 0.796. The molecule has 0 atom stereocenters. The maximum absolute atomic E-state index is 6.70. The van der Waals surface area contributed by atoms with E-state index in [4.69, 9.17) is 9.47 Å². The van der Waals surface area contributed by atoms with Crippen molar-refractivity contribution in [1.29, 1.82) is 0 Å². The van der Waals surface area contributed by atoms with Crippen molar-refractivity contribution >= 4 is 33.2 Å². The minimum Gasteiger partial charge on any atom is -0.453 e. The number of fused-ring (bicyclic) bond motifs is 4. The number of nitrogens with one attached hydrogen (secondary N) is 2. The highest BCUT2D eigenvalue weighted by Crippen LogP contribution is 2.49. The number of hydrogen-bond acceptors (Lipinski definition) is 6. The van der Waals surface area contributed by atoms with Crippen LogP contribution in [-0.2, 0) is 4.74 Å². The van der Waals surface area contributed by atoms with Crippen LogP contribution in [0.2, 0.25) is 0 Å². The average molecular weight is 557 g/mol. The Balaban J connectivity index is 1.19. The number of nitrogens with zero attached hydrogens (tertiary/aromatic N) is 4. The van der Waals surface area contributed by atoms with Crippen molar-refractivity contribution in [2.45, 2.75) is 13.8 Å². The molecule has 8 nitrogen and oxygen atoms in total. The summed E-state index contributed by atoms with van der Waals surface area (Å²) in [5, 5.41) is 17.3. The Hall–Kier alpha value is -4.66. The number of ether oxygens (including phenoxy) is 2. The van der Waals surface area contributed by atoms with Gasteiger partial charge in [0.25, 0.3) is 0 Å². The van der Waals surface area contributed by atoms with E-state index in [2.05, 4.69) is 117 Å². The van der Waals surface area contributed by atoms with Crippen molar-refractivity contribution in [3.63, 3.8) is 0 Å². The summed E-state index contributed by atoms with van der Waals surface area (Å²) in [6, 6.07) is 25.9. The zero-order chi connectivity index (χ0) is 28.2. The lowest BCUT2D eigenvalue weighted by molar-refractivity contribution is 0.0394. The van der Waals surface area contributed by atoms with Gasteiger partial charge >= 0.3 is 0 Å². The molecule has 0 unspecified atom stereocenters. The van der Waals surface area contributed by atoms with Gasteiger partial charge in [0.15, 0.2) is 11.5 Å². The maximum Gasteiger partial charge on any atom is 0.151 e. The van der Waals surface area contributed by atoms with E-state index in [0.29, 0.717) is 0 Å².